The summed E-state index contributed by atoms with van der Waals surface area (Å²) >= 11 is 7.75. The highest BCUT2D eigenvalue weighted by atomic mass is 35.5. The fourth-order valence-electron chi connectivity index (χ4n) is 3.35. The van der Waals surface area contributed by atoms with Crippen LogP contribution >= 0.6 is 22.9 Å². The summed E-state index contributed by atoms with van der Waals surface area (Å²) in [5, 5.41) is 5.56. The first-order valence-corrected chi connectivity index (χ1v) is 10.3. The minimum absolute atomic E-state index is 0.102. The normalized spacial score (nSPS) is 17.8. The lowest BCUT2D eigenvalue weighted by atomic mass is 10.1. The van der Waals surface area contributed by atoms with Crippen molar-refractivity contribution in [3.8, 4) is 5.75 Å². The van der Waals surface area contributed by atoms with Gasteiger partial charge in [0.15, 0.2) is 0 Å². The van der Waals surface area contributed by atoms with Crippen molar-refractivity contribution in [2.24, 2.45) is 5.92 Å². The van der Waals surface area contributed by atoms with Gasteiger partial charge in [-0.3, -0.25) is 9.59 Å². The molecular formula is C20H24ClN3O3S. The Morgan fingerprint density at radius 1 is 1.43 bits per heavy atom. The van der Waals surface area contributed by atoms with E-state index in [-0.39, 0.29) is 24.3 Å². The van der Waals surface area contributed by atoms with Gasteiger partial charge >= 0.3 is 0 Å². The minimum Gasteiger partial charge on any atom is -0.495 e. The van der Waals surface area contributed by atoms with Crippen LogP contribution in [0.15, 0.2) is 35.7 Å². The number of halogens is 1. The number of methoxy groups -OCH3 is 1. The molecule has 2 atom stereocenters. The second-order valence-electron chi connectivity index (χ2n) is 6.96. The largest absolute Gasteiger partial charge is 0.495 e. The summed E-state index contributed by atoms with van der Waals surface area (Å²) in [7, 11) is 5.52. The summed E-state index contributed by atoms with van der Waals surface area (Å²) in [5.41, 5.74) is 0.597. The lowest BCUT2D eigenvalue weighted by molar-refractivity contribution is -0.126. The van der Waals surface area contributed by atoms with Gasteiger partial charge in [-0.05, 0) is 43.7 Å². The molecule has 1 N–H and O–H groups in total. The zero-order chi connectivity index (χ0) is 20.3. The van der Waals surface area contributed by atoms with E-state index in [9.17, 15) is 9.59 Å². The number of amides is 2. The Morgan fingerprint density at radius 3 is 2.86 bits per heavy atom. The number of thiophene rings is 1. The third kappa shape index (κ3) is 4.48. The summed E-state index contributed by atoms with van der Waals surface area (Å²) < 4.78 is 5.35. The zero-order valence-electron chi connectivity index (χ0n) is 16.1. The van der Waals surface area contributed by atoms with Gasteiger partial charge in [0.1, 0.15) is 5.75 Å². The van der Waals surface area contributed by atoms with Crippen LogP contribution < -0.4 is 15.0 Å². The monoisotopic (exact) mass is 421 g/mol. The maximum atomic E-state index is 12.7. The third-order valence-corrected chi connectivity index (χ3v) is 6.10. The molecule has 1 aromatic carbocycles. The molecule has 1 saturated heterocycles. The summed E-state index contributed by atoms with van der Waals surface area (Å²) in [6, 6.07) is 9.29. The number of nitrogens with zero attached hydrogens (tertiary/aromatic N) is 2. The maximum absolute atomic E-state index is 12.7. The van der Waals surface area contributed by atoms with Crippen molar-refractivity contribution >= 4 is 40.4 Å². The van der Waals surface area contributed by atoms with Crippen molar-refractivity contribution in [3.05, 3.63) is 45.6 Å². The first kappa shape index (κ1) is 20.6. The number of benzene rings is 1. The van der Waals surface area contributed by atoms with E-state index in [1.165, 1.54) is 4.88 Å². The quantitative estimate of drug-likeness (QED) is 0.745. The molecule has 6 nitrogen and oxygen atoms in total. The van der Waals surface area contributed by atoms with Gasteiger partial charge in [0.2, 0.25) is 11.8 Å². The molecule has 0 unspecified atom stereocenters. The van der Waals surface area contributed by atoms with E-state index in [2.05, 4.69) is 16.3 Å². The van der Waals surface area contributed by atoms with Gasteiger partial charge in [0, 0.05) is 29.4 Å². The lowest BCUT2D eigenvalue weighted by Crippen LogP contribution is -2.38. The van der Waals surface area contributed by atoms with Crippen LogP contribution in [-0.2, 0) is 9.59 Å². The maximum Gasteiger partial charge on any atom is 0.227 e. The van der Waals surface area contributed by atoms with Crippen molar-refractivity contribution in [2.75, 3.05) is 39.2 Å². The van der Waals surface area contributed by atoms with Crippen molar-refractivity contribution in [3.63, 3.8) is 0 Å². The summed E-state index contributed by atoms with van der Waals surface area (Å²) in [6.45, 7) is 0.810. The van der Waals surface area contributed by atoms with Crippen LogP contribution in [-0.4, -0.2) is 51.0 Å². The molecule has 2 heterocycles. The lowest BCUT2D eigenvalue weighted by Gasteiger charge is -2.24. The number of nitrogens with one attached hydrogen (secondary N) is 1. The smallest absolute Gasteiger partial charge is 0.227 e. The highest BCUT2D eigenvalue weighted by Gasteiger charge is 2.36. The van der Waals surface area contributed by atoms with E-state index in [1.54, 1.807) is 41.5 Å². The molecular weight excluding hydrogens is 398 g/mol. The second-order valence-corrected chi connectivity index (χ2v) is 8.38. The Hall–Kier alpha value is -2.09. The van der Waals surface area contributed by atoms with Crippen LogP contribution in [0.2, 0.25) is 5.02 Å². The Kier molecular flexibility index (Phi) is 6.59. The third-order valence-electron chi connectivity index (χ3n) is 4.89. The number of anilines is 1. The van der Waals surface area contributed by atoms with Crippen molar-refractivity contribution in [2.45, 2.75) is 12.5 Å². The Balaban J connectivity index is 1.66. The molecule has 0 radical (unpaired) electrons. The van der Waals surface area contributed by atoms with Gasteiger partial charge in [0.25, 0.3) is 0 Å². The number of likely N-dealkylation sites (N-methyl/N-ethyl adjacent to an activating group) is 1. The predicted octanol–water partition coefficient (Wildman–Crippen LogP) is 3.18. The molecule has 1 aromatic heterocycles. The Labute approximate surface area is 174 Å². The molecule has 8 heteroatoms. The topological polar surface area (TPSA) is 61.9 Å². The average molecular weight is 422 g/mol. The first-order chi connectivity index (χ1) is 13.4. The molecule has 1 fully saturated rings. The summed E-state index contributed by atoms with van der Waals surface area (Å²) in [6.07, 6.45) is 0.174. The van der Waals surface area contributed by atoms with E-state index < -0.39 is 5.92 Å². The first-order valence-electron chi connectivity index (χ1n) is 9.02. The van der Waals surface area contributed by atoms with Crippen LogP contribution in [0.4, 0.5) is 5.69 Å². The Morgan fingerprint density at radius 2 is 2.21 bits per heavy atom. The molecule has 0 bridgehead atoms. The van der Waals surface area contributed by atoms with E-state index in [4.69, 9.17) is 16.3 Å². The van der Waals surface area contributed by atoms with Gasteiger partial charge < -0.3 is 19.9 Å². The van der Waals surface area contributed by atoms with Crippen LogP contribution in [0, 0.1) is 5.92 Å². The van der Waals surface area contributed by atoms with Gasteiger partial charge in [0.05, 0.1) is 24.8 Å². The van der Waals surface area contributed by atoms with E-state index in [0.29, 0.717) is 29.5 Å². The molecule has 0 spiro atoms. The van der Waals surface area contributed by atoms with Crippen LogP contribution in [0.25, 0.3) is 0 Å². The molecule has 3 rings (SSSR count). The second kappa shape index (κ2) is 8.94. The standard InChI is InChI=1S/C20H24ClN3O3S/c1-23(2)16(18-5-4-8-28-18)11-22-20(26)13-9-19(25)24(12-13)15-10-14(21)6-7-17(15)27-3/h4-8,10,13,16H,9,11-12H2,1-3H3,(H,22,26)/t13-,16+/m1/s1. The minimum atomic E-state index is -0.401. The van der Waals surface area contributed by atoms with Gasteiger partial charge in [-0.1, -0.05) is 17.7 Å². The SMILES string of the molecule is COc1ccc(Cl)cc1N1C[C@H](C(=O)NC[C@@H](c2cccs2)N(C)C)CC1=O. The highest BCUT2D eigenvalue weighted by molar-refractivity contribution is 7.10. The molecule has 0 aliphatic carbocycles. The van der Waals surface area contributed by atoms with E-state index >= 15 is 0 Å². The van der Waals surface area contributed by atoms with Crippen LogP contribution in [0.3, 0.4) is 0 Å². The van der Waals surface area contributed by atoms with Crippen LogP contribution in [0.5, 0.6) is 5.75 Å². The van der Waals surface area contributed by atoms with Gasteiger partial charge in [-0.25, -0.2) is 0 Å². The number of rotatable bonds is 7. The Bertz CT molecular complexity index is 841. The zero-order valence-corrected chi connectivity index (χ0v) is 17.7. The molecule has 28 heavy (non-hydrogen) atoms. The molecule has 2 amide bonds. The molecule has 0 saturated carbocycles. The van der Waals surface area contributed by atoms with E-state index in [1.807, 2.05) is 25.5 Å². The number of hydrogen-bond donors (Lipinski definition) is 1. The number of hydrogen-bond acceptors (Lipinski definition) is 5. The summed E-state index contributed by atoms with van der Waals surface area (Å²) in [4.78, 5) is 30.1. The predicted molar refractivity (Wildman–Crippen MR) is 112 cm³/mol. The number of ether oxygens (including phenoxy) is 1. The fourth-order valence-corrected chi connectivity index (χ4v) is 4.44. The molecule has 1 aliphatic heterocycles. The average Bonchev–Trinajstić information content (AvgIpc) is 3.31. The number of carbonyl (C=O) groups is 2. The van der Waals surface area contributed by atoms with Crippen molar-refractivity contribution in [1.82, 2.24) is 10.2 Å². The fraction of sp³-hybridized carbons (Fsp3) is 0.400. The highest BCUT2D eigenvalue weighted by Crippen LogP contribution is 2.35. The molecule has 150 valence electrons. The summed E-state index contributed by atoms with van der Waals surface area (Å²) in [5.74, 6) is -0.0603. The number of carbonyl (C=O) groups excluding carboxylic acids is 2. The van der Waals surface area contributed by atoms with E-state index in [0.717, 1.165) is 0 Å². The van der Waals surface area contributed by atoms with Gasteiger partial charge in [-0.15, -0.1) is 11.3 Å². The molecule has 1 aliphatic rings. The van der Waals surface area contributed by atoms with Crippen molar-refractivity contribution < 1.29 is 14.3 Å². The van der Waals surface area contributed by atoms with Crippen molar-refractivity contribution in [1.29, 1.82) is 0 Å². The molecule has 2 aromatic rings. The van der Waals surface area contributed by atoms with Crippen LogP contribution in [0.1, 0.15) is 17.3 Å². The van der Waals surface area contributed by atoms with Gasteiger partial charge in [-0.2, -0.15) is 0 Å².